The summed E-state index contributed by atoms with van der Waals surface area (Å²) >= 11 is 0. The number of hydrogen-bond acceptors (Lipinski definition) is 3. The van der Waals surface area contributed by atoms with Crippen molar-refractivity contribution in [2.45, 2.75) is 71.5 Å². The number of benzene rings is 1. The minimum Gasteiger partial charge on any atom is -0.309 e. The summed E-state index contributed by atoms with van der Waals surface area (Å²) in [5.41, 5.74) is 10.9. The molecule has 1 aliphatic heterocycles. The van der Waals surface area contributed by atoms with Crippen molar-refractivity contribution in [1.29, 1.82) is 0 Å². The van der Waals surface area contributed by atoms with Crippen LogP contribution in [0.25, 0.3) is 0 Å². The highest BCUT2D eigenvalue weighted by Gasteiger charge is 2.41. The third kappa shape index (κ3) is 3.49. The zero-order valence-corrected chi connectivity index (χ0v) is 19.4. The Balaban J connectivity index is 2.14. The first-order chi connectivity index (χ1) is 13.3. The summed E-state index contributed by atoms with van der Waals surface area (Å²) in [6.45, 7) is 17.3. The van der Waals surface area contributed by atoms with Gasteiger partial charge in [0, 0.05) is 24.5 Å². The van der Waals surface area contributed by atoms with Crippen molar-refractivity contribution < 1.29 is 0 Å². The van der Waals surface area contributed by atoms with Gasteiger partial charge in [0.1, 0.15) is 8.07 Å². The van der Waals surface area contributed by atoms with Gasteiger partial charge in [-0.2, -0.15) is 0 Å². The molecule has 0 radical (unpaired) electrons. The standard InChI is InChI=1S/C24H33N3Si/c1-17(2)28(18(3)4,19(5)6)16-12-21-10-9-20(7)22-11-15-27(23(21)22)24-25-13-8-14-26-24/h8-10,13-14,17-19H,11,15H2,1-7H3. The zero-order chi connectivity index (χ0) is 20.5. The van der Waals surface area contributed by atoms with E-state index >= 15 is 0 Å². The molecule has 0 fully saturated rings. The van der Waals surface area contributed by atoms with Crippen LogP contribution >= 0.6 is 0 Å². The highest BCUT2D eigenvalue weighted by Crippen LogP contribution is 2.42. The second-order valence-electron chi connectivity index (χ2n) is 8.85. The second kappa shape index (κ2) is 8.09. The minimum absolute atomic E-state index is 0.632. The first-order valence-corrected chi connectivity index (χ1v) is 12.7. The van der Waals surface area contributed by atoms with Gasteiger partial charge in [0.25, 0.3) is 0 Å². The van der Waals surface area contributed by atoms with Gasteiger partial charge in [-0.15, -0.1) is 5.54 Å². The van der Waals surface area contributed by atoms with Crippen LogP contribution in [0.3, 0.4) is 0 Å². The van der Waals surface area contributed by atoms with Gasteiger partial charge in [-0.05, 0) is 53.2 Å². The van der Waals surface area contributed by atoms with Gasteiger partial charge in [0.2, 0.25) is 5.95 Å². The van der Waals surface area contributed by atoms with Gasteiger partial charge in [-0.25, -0.2) is 9.97 Å². The van der Waals surface area contributed by atoms with E-state index in [1.165, 1.54) is 16.8 Å². The second-order valence-corrected chi connectivity index (χ2v) is 14.4. The molecular formula is C24H33N3Si. The Morgan fingerprint density at radius 2 is 1.57 bits per heavy atom. The maximum Gasteiger partial charge on any atom is 0.229 e. The van der Waals surface area contributed by atoms with Crippen LogP contribution in [0.2, 0.25) is 16.6 Å². The Hall–Kier alpha value is -2.12. The van der Waals surface area contributed by atoms with Gasteiger partial charge in [-0.3, -0.25) is 0 Å². The summed E-state index contributed by atoms with van der Waals surface area (Å²) in [6.07, 6.45) is 4.65. The molecule has 0 spiro atoms. The smallest absolute Gasteiger partial charge is 0.229 e. The Labute approximate surface area is 171 Å². The third-order valence-corrected chi connectivity index (χ3v) is 12.7. The van der Waals surface area contributed by atoms with Gasteiger partial charge in [-0.1, -0.05) is 53.5 Å². The van der Waals surface area contributed by atoms with E-state index in [0.717, 1.165) is 24.5 Å². The van der Waals surface area contributed by atoms with Crippen molar-refractivity contribution in [3.05, 3.63) is 47.3 Å². The molecule has 0 saturated heterocycles. The zero-order valence-electron chi connectivity index (χ0n) is 18.4. The van der Waals surface area contributed by atoms with E-state index < -0.39 is 8.07 Å². The lowest BCUT2D eigenvalue weighted by molar-refractivity contribution is 0.838. The van der Waals surface area contributed by atoms with Crippen molar-refractivity contribution in [3.63, 3.8) is 0 Å². The number of nitrogens with zero attached hydrogens (tertiary/aromatic N) is 3. The summed E-state index contributed by atoms with van der Waals surface area (Å²) in [7, 11) is -1.77. The van der Waals surface area contributed by atoms with Gasteiger partial charge in [0.05, 0.1) is 5.69 Å². The largest absolute Gasteiger partial charge is 0.309 e. The predicted molar refractivity (Wildman–Crippen MR) is 122 cm³/mol. The van der Waals surface area contributed by atoms with Crippen LogP contribution in [0.5, 0.6) is 0 Å². The van der Waals surface area contributed by atoms with Crippen LogP contribution in [0, 0.1) is 18.4 Å². The molecule has 0 saturated carbocycles. The van der Waals surface area contributed by atoms with E-state index in [1.54, 1.807) is 0 Å². The SMILES string of the molecule is Cc1ccc(C#C[Si](C(C)C)(C(C)C)C(C)C)c2c1CCN2c1ncccn1. The molecule has 28 heavy (non-hydrogen) atoms. The molecule has 0 unspecified atom stereocenters. The molecule has 148 valence electrons. The lowest BCUT2D eigenvalue weighted by Crippen LogP contribution is -2.43. The first-order valence-electron chi connectivity index (χ1n) is 10.5. The number of aryl methyl sites for hydroxylation is 1. The normalized spacial score (nSPS) is 13.9. The van der Waals surface area contributed by atoms with Gasteiger partial charge >= 0.3 is 0 Å². The van der Waals surface area contributed by atoms with Gasteiger partial charge in [0.15, 0.2) is 0 Å². The highest BCUT2D eigenvalue weighted by atomic mass is 28.3. The number of anilines is 2. The topological polar surface area (TPSA) is 29.0 Å². The summed E-state index contributed by atoms with van der Waals surface area (Å²) in [6, 6.07) is 6.29. The van der Waals surface area contributed by atoms with Crippen LogP contribution in [-0.4, -0.2) is 24.6 Å². The molecule has 0 aliphatic carbocycles. The summed E-state index contributed by atoms with van der Waals surface area (Å²) in [5, 5.41) is 0. The fraction of sp³-hybridized carbons (Fsp3) is 0.500. The van der Waals surface area contributed by atoms with Crippen molar-refractivity contribution in [1.82, 2.24) is 9.97 Å². The van der Waals surface area contributed by atoms with Crippen molar-refractivity contribution >= 4 is 19.7 Å². The average Bonchev–Trinajstić information content (AvgIpc) is 3.10. The monoisotopic (exact) mass is 391 g/mol. The molecular weight excluding hydrogens is 358 g/mol. The Morgan fingerprint density at radius 3 is 2.14 bits per heavy atom. The Kier molecular flexibility index (Phi) is 5.95. The molecule has 1 aromatic carbocycles. The molecule has 2 heterocycles. The Bertz CT molecular complexity index is 870. The molecule has 2 aromatic rings. The molecule has 0 bridgehead atoms. The molecule has 4 heteroatoms. The fourth-order valence-corrected chi connectivity index (χ4v) is 10.3. The van der Waals surface area contributed by atoms with Crippen molar-refractivity contribution in [3.8, 4) is 11.5 Å². The van der Waals surface area contributed by atoms with Crippen LogP contribution in [0.1, 0.15) is 58.2 Å². The lowest BCUT2D eigenvalue weighted by atomic mass is 10.0. The van der Waals surface area contributed by atoms with Crippen LogP contribution in [-0.2, 0) is 6.42 Å². The molecule has 1 aromatic heterocycles. The number of hydrogen-bond donors (Lipinski definition) is 0. The predicted octanol–water partition coefficient (Wildman–Crippen LogP) is 6.05. The quantitative estimate of drug-likeness (QED) is 0.469. The van der Waals surface area contributed by atoms with Gasteiger partial charge < -0.3 is 4.90 Å². The van der Waals surface area contributed by atoms with Crippen molar-refractivity contribution in [2.75, 3.05) is 11.4 Å². The van der Waals surface area contributed by atoms with Crippen LogP contribution in [0.4, 0.5) is 11.6 Å². The van der Waals surface area contributed by atoms with E-state index in [-0.39, 0.29) is 0 Å². The molecule has 1 aliphatic rings. The molecule has 0 amide bonds. The van der Waals surface area contributed by atoms with Crippen molar-refractivity contribution in [2.24, 2.45) is 0 Å². The summed E-state index contributed by atoms with van der Waals surface area (Å²) in [5.74, 6) is 4.44. The molecule has 3 nitrogen and oxygen atoms in total. The molecule has 0 atom stereocenters. The number of fused-ring (bicyclic) bond motifs is 1. The molecule has 3 rings (SSSR count). The summed E-state index contributed by atoms with van der Waals surface area (Å²) < 4.78 is 0. The molecule has 0 N–H and O–H groups in total. The number of aromatic nitrogens is 2. The first kappa shape index (κ1) is 20.6. The van der Waals surface area contributed by atoms with E-state index in [2.05, 4.69) is 86.9 Å². The van der Waals surface area contributed by atoms with Crippen LogP contribution < -0.4 is 4.90 Å². The maximum atomic E-state index is 4.50. The number of rotatable bonds is 4. The summed E-state index contributed by atoms with van der Waals surface area (Å²) in [4.78, 5) is 11.2. The van der Waals surface area contributed by atoms with E-state index in [1.807, 2.05) is 18.5 Å². The maximum absolute atomic E-state index is 4.50. The lowest BCUT2D eigenvalue weighted by Gasteiger charge is -2.38. The third-order valence-electron chi connectivity index (χ3n) is 6.45. The Morgan fingerprint density at radius 1 is 0.964 bits per heavy atom. The fourth-order valence-electron chi connectivity index (χ4n) is 5.04. The van der Waals surface area contributed by atoms with E-state index in [4.69, 9.17) is 0 Å². The highest BCUT2D eigenvalue weighted by molar-refractivity contribution is 6.90. The van der Waals surface area contributed by atoms with E-state index in [9.17, 15) is 0 Å². The van der Waals surface area contributed by atoms with E-state index in [0.29, 0.717) is 16.6 Å². The average molecular weight is 392 g/mol. The van der Waals surface area contributed by atoms with Crippen LogP contribution in [0.15, 0.2) is 30.6 Å². The minimum atomic E-state index is -1.77.